The maximum absolute atomic E-state index is 11.9. The molecule has 0 radical (unpaired) electrons. The molecule has 5 heteroatoms. The van der Waals surface area contributed by atoms with Gasteiger partial charge in [0.15, 0.2) is 10.4 Å². The standard InChI is InChI=1S/C11H13BrN2O2/c1-3-14(7-8(2)6-13)11(15)9-4-5-10(12)16-9/h4-5,8H,3,7H2,1-2H3/t8-/m1/s1. The van der Waals surface area contributed by atoms with Gasteiger partial charge in [-0.05, 0) is 41.9 Å². The molecule has 1 aromatic heterocycles. The van der Waals surface area contributed by atoms with E-state index < -0.39 is 0 Å². The fraction of sp³-hybridized carbons (Fsp3) is 0.455. The van der Waals surface area contributed by atoms with Crippen molar-refractivity contribution in [2.45, 2.75) is 13.8 Å². The molecule has 0 N–H and O–H groups in total. The van der Waals surface area contributed by atoms with E-state index in [-0.39, 0.29) is 11.8 Å². The van der Waals surface area contributed by atoms with E-state index in [4.69, 9.17) is 9.68 Å². The summed E-state index contributed by atoms with van der Waals surface area (Å²) in [5.41, 5.74) is 0. The van der Waals surface area contributed by atoms with Crippen LogP contribution in [-0.4, -0.2) is 23.9 Å². The van der Waals surface area contributed by atoms with Crippen molar-refractivity contribution in [2.75, 3.05) is 13.1 Å². The van der Waals surface area contributed by atoms with Gasteiger partial charge in [-0.25, -0.2) is 0 Å². The number of amides is 1. The number of carbonyl (C=O) groups is 1. The average molecular weight is 285 g/mol. The second-order valence-electron chi connectivity index (χ2n) is 3.48. The molecule has 0 aliphatic rings. The molecule has 0 unspecified atom stereocenters. The second-order valence-corrected chi connectivity index (χ2v) is 4.26. The van der Waals surface area contributed by atoms with Crippen molar-refractivity contribution < 1.29 is 9.21 Å². The topological polar surface area (TPSA) is 57.2 Å². The van der Waals surface area contributed by atoms with Crippen LogP contribution in [0.15, 0.2) is 21.2 Å². The number of rotatable bonds is 4. The van der Waals surface area contributed by atoms with Crippen molar-refractivity contribution in [3.05, 3.63) is 22.6 Å². The molecule has 16 heavy (non-hydrogen) atoms. The van der Waals surface area contributed by atoms with E-state index in [2.05, 4.69) is 22.0 Å². The monoisotopic (exact) mass is 284 g/mol. The summed E-state index contributed by atoms with van der Waals surface area (Å²) in [7, 11) is 0. The third-order valence-corrected chi connectivity index (χ3v) is 2.59. The Kier molecular flexibility index (Phi) is 4.56. The molecule has 0 spiro atoms. The summed E-state index contributed by atoms with van der Waals surface area (Å²) < 4.78 is 5.71. The van der Waals surface area contributed by atoms with Gasteiger partial charge in [0.25, 0.3) is 5.91 Å². The zero-order chi connectivity index (χ0) is 12.1. The van der Waals surface area contributed by atoms with Crippen LogP contribution in [-0.2, 0) is 0 Å². The Balaban J connectivity index is 2.74. The van der Waals surface area contributed by atoms with Crippen molar-refractivity contribution in [3.63, 3.8) is 0 Å². The van der Waals surface area contributed by atoms with Crippen molar-refractivity contribution >= 4 is 21.8 Å². The maximum atomic E-state index is 11.9. The van der Waals surface area contributed by atoms with Gasteiger partial charge in [0.2, 0.25) is 0 Å². The minimum atomic E-state index is -0.185. The number of carbonyl (C=O) groups excluding carboxylic acids is 1. The van der Waals surface area contributed by atoms with E-state index in [0.717, 1.165) is 0 Å². The SMILES string of the molecule is CCN(C[C@H](C)C#N)C(=O)c1ccc(Br)o1. The summed E-state index contributed by atoms with van der Waals surface area (Å²) in [5.74, 6) is -0.0727. The van der Waals surface area contributed by atoms with Gasteiger partial charge in [-0.1, -0.05) is 0 Å². The predicted molar refractivity (Wildman–Crippen MR) is 62.8 cm³/mol. The van der Waals surface area contributed by atoms with Crippen LogP contribution in [0.5, 0.6) is 0 Å². The molecule has 4 nitrogen and oxygen atoms in total. The fourth-order valence-corrected chi connectivity index (χ4v) is 1.62. The summed E-state index contributed by atoms with van der Waals surface area (Å²) >= 11 is 3.15. The van der Waals surface area contributed by atoms with Crippen molar-refractivity contribution in [1.29, 1.82) is 5.26 Å². The van der Waals surface area contributed by atoms with E-state index in [0.29, 0.717) is 23.5 Å². The van der Waals surface area contributed by atoms with E-state index in [9.17, 15) is 4.79 Å². The number of hydrogen-bond donors (Lipinski definition) is 0. The molecule has 0 saturated carbocycles. The van der Waals surface area contributed by atoms with E-state index in [1.807, 2.05) is 6.92 Å². The lowest BCUT2D eigenvalue weighted by molar-refractivity contribution is 0.0719. The van der Waals surface area contributed by atoms with Gasteiger partial charge < -0.3 is 9.32 Å². The van der Waals surface area contributed by atoms with Crippen LogP contribution in [0.4, 0.5) is 0 Å². The predicted octanol–water partition coefficient (Wildman–Crippen LogP) is 2.66. The third kappa shape index (κ3) is 3.11. The van der Waals surface area contributed by atoms with Crippen LogP contribution < -0.4 is 0 Å². The minimum absolute atomic E-state index is 0.178. The van der Waals surface area contributed by atoms with Gasteiger partial charge in [-0.15, -0.1) is 0 Å². The van der Waals surface area contributed by atoms with Gasteiger partial charge >= 0.3 is 0 Å². The number of nitrogens with zero attached hydrogens (tertiary/aromatic N) is 2. The molecular weight excluding hydrogens is 272 g/mol. The van der Waals surface area contributed by atoms with E-state index in [1.54, 1.807) is 24.0 Å². The molecule has 0 bridgehead atoms. The fourth-order valence-electron chi connectivity index (χ4n) is 1.31. The minimum Gasteiger partial charge on any atom is -0.444 e. The van der Waals surface area contributed by atoms with Gasteiger partial charge in [0, 0.05) is 13.1 Å². The first-order valence-electron chi connectivity index (χ1n) is 5.02. The van der Waals surface area contributed by atoms with Gasteiger partial charge in [-0.3, -0.25) is 4.79 Å². The molecule has 1 rings (SSSR count). The highest BCUT2D eigenvalue weighted by molar-refractivity contribution is 9.10. The Hall–Kier alpha value is -1.28. The molecule has 1 heterocycles. The van der Waals surface area contributed by atoms with E-state index >= 15 is 0 Å². The number of furan rings is 1. The second kappa shape index (κ2) is 5.71. The van der Waals surface area contributed by atoms with Crippen LogP contribution >= 0.6 is 15.9 Å². The van der Waals surface area contributed by atoms with Crippen molar-refractivity contribution in [2.24, 2.45) is 5.92 Å². The largest absolute Gasteiger partial charge is 0.444 e. The molecule has 0 aromatic carbocycles. The highest BCUT2D eigenvalue weighted by Crippen LogP contribution is 2.16. The quantitative estimate of drug-likeness (QED) is 0.854. The third-order valence-electron chi connectivity index (χ3n) is 2.17. The zero-order valence-corrected chi connectivity index (χ0v) is 10.8. The number of halogens is 1. The number of nitriles is 1. The highest BCUT2D eigenvalue weighted by atomic mass is 79.9. The normalized spacial score (nSPS) is 11.9. The average Bonchev–Trinajstić information content (AvgIpc) is 2.71. The molecule has 1 atom stereocenters. The lowest BCUT2D eigenvalue weighted by Gasteiger charge is -2.20. The Morgan fingerprint density at radius 1 is 1.69 bits per heavy atom. The Labute approximate surface area is 103 Å². The van der Waals surface area contributed by atoms with Crippen LogP contribution in [0.1, 0.15) is 24.4 Å². The first kappa shape index (κ1) is 12.8. The zero-order valence-electron chi connectivity index (χ0n) is 9.24. The highest BCUT2D eigenvalue weighted by Gasteiger charge is 2.19. The Bertz CT molecular complexity index is 408. The van der Waals surface area contributed by atoms with Gasteiger partial charge in [0.1, 0.15) is 0 Å². The summed E-state index contributed by atoms with van der Waals surface area (Å²) in [6.07, 6.45) is 0. The van der Waals surface area contributed by atoms with Crippen molar-refractivity contribution in [1.82, 2.24) is 4.90 Å². The maximum Gasteiger partial charge on any atom is 0.289 e. The molecular formula is C11H13BrN2O2. The molecule has 0 saturated heterocycles. The van der Waals surface area contributed by atoms with Crippen LogP contribution in [0, 0.1) is 17.2 Å². The number of hydrogen-bond acceptors (Lipinski definition) is 3. The van der Waals surface area contributed by atoms with Gasteiger partial charge in [-0.2, -0.15) is 5.26 Å². The van der Waals surface area contributed by atoms with Gasteiger partial charge in [0.05, 0.1) is 12.0 Å². The molecule has 1 amide bonds. The molecule has 0 aliphatic heterocycles. The van der Waals surface area contributed by atoms with Crippen LogP contribution in [0.3, 0.4) is 0 Å². The molecule has 1 aromatic rings. The summed E-state index contributed by atoms with van der Waals surface area (Å²) in [4.78, 5) is 13.5. The first-order chi connectivity index (χ1) is 7.58. The Morgan fingerprint density at radius 3 is 2.81 bits per heavy atom. The molecule has 86 valence electrons. The summed E-state index contributed by atoms with van der Waals surface area (Å²) in [6, 6.07) is 5.40. The van der Waals surface area contributed by atoms with Crippen LogP contribution in [0.25, 0.3) is 0 Å². The summed E-state index contributed by atoms with van der Waals surface area (Å²) in [5, 5.41) is 8.72. The first-order valence-corrected chi connectivity index (χ1v) is 5.82. The lowest BCUT2D eigenvalue weighted by Crippen LogP contribution is -2.34. The van der Waals surface area contributed by atoms with Crippen molar-refractivity contribution in [3.8, 4) is 6.07 Å². The van der Waals surface area contributed by atoms with Crippen LogP contribution in [0.2, 0.25) is 0 Å². The summed E-state index contributed by atoms with van der Waals surface area (Å²) in [6.45, 7) is 4.64. The lowest BCUT2D eigenvalue weighted by atomic mass is 10.2. The smallest absolute Gasteiger partial charge is 0.289 e. The Morgan fingerprint density at radius 2 is 2.38 bits per heavy atom. The van der Waals surface area contributed by atoms with E-state index in [1.165, 1.54) is 0 Å². The molecule has 0 fully saturated rings. The molecule has 0 aliphatic carbocycles.